The lowest BCUT2D eigenvalue weighted by Gasteiger charge is -2.26. The predicted molar refractivity (Wildman–Crippen MR) is 79.9 cm³/mol. The second-order valence-electron chi connectivity index (χ2n) is 4.65. The van der Waals surface area contributed by atoms with Gasteiger partial charge in [0.1, 0.15) is 0 Å². The first-order chi connectivity index (χ1) is 9.49. The summed E-state index contributed by atoms with van der Waals surface area (Å²) < 4.78 is 4.65. The number of rotatable bonds is 6. The zero-order valence-corrected chi connectivity index (χ0v) is 13.1. The summed E-state index contributed by atoms with van der Waals surface area (Å²) in [5.41, 5.74) is 0.0529. The maximum Gasteiger partial charge on any atom is 0.305 e. The molecule has 0 spiro atoms. The van der Waals surface area contributed by atoms with Gasteiger partial charge in [-0.3, -0.25) is 4.79 Å². The van der Waals surface area contributed by atoms with Crippen molar-refractivity contribution >= 4 is 29.2 Å². The number of nitrogens with zero attached hydrogens (tertiary/aromatic N) is 1. The molecular weight excluding hydrogens is 297 g/mol. The van der Waals surface area contributed by atoms with Gasteiger partial charge < -0.3 is 4.74 Å². The number of esters is 1. The Hall–Kier alpha value is -1.24. The van der Waals surface area contributed by atoms with Crippen molar-refractivity contribution in [2.75, 3.05) is 7.11 Å². The molecule has 0 fully saturated rings. The summed E-state index contributed by atoms with van der Waals surface area (Å²) >= 11 is 11.9. The van der Waals surface area contributed by atoms with E-state index in [2.05, 4.69) is 10.8 Å². The van der Waals surface area contributed by atoms with Crippen LogP contribution in [0.25, 0.3) is 0 Å². The van der Waals surface area contributed by atoms with Crippen LogP contribution < -0.4 is 0 Å². The molecule has 0 aliphatic heterocycles. The quantitative estimate of drug-likeness (QED) is 0.726. The summed E-state index contributed by atoms with van der Waals surface area (Å²) in [6.45, 7) is 2.00. The molecule has 1 rings (SSSR count). The minimum atomic E-state index is -0.739. The van der Waals surface area contributed by atoms with Crippen LogP contribution in [0.5, 0.6) is 0 Å². The van der Waals surface area contributed by atoms with Crippen LogP contribution in [0.15, 0.2) is 18.2 Å². The molecule has 0 heterocycles. The van der Waals surface area contributed by atoms with Gasteiger partial charge in [0.05, 0.1) is 28.6 Å². The minimum Gasteiger partial charge on any atom is -0.469 e. The fraction of sp³-hybridized carbons (Fsp3) is 0.467. The first kappa shape index (κ1) is 16.8. The number of methoxy groups -OCH3 is 1. The van der Waals surface area contributed by atoms with E-state index in [4.69, 9.17) is 23.2 Å². The SMILES string of the molecule is CCCC(C#N)(CCC(=O)OC)c1ccc(Cl)c(Cl)c1. The smallest absolute Gasteiger partial charge is 0.305 e. The van der Waals surface area contributed by atoms with Crippen molar-refractivity contribution in [3.05, 3.63) is 33.8 Å². The van der Waals surface area contributed by atoms with E-state index in [-0.39, 0.29) is 12.4 Å². The highest BCUT2D eigenvalue weighted by molar-refractivity contribution is 6.42. The average Bonchev–Trinajstić information content (AvgIpc) is 2.46. The molecule has 3 nitrogen and oxygen atoms in total. The first-order valence-corrected chi connectivity index (χ1v) is 7.18. The Morgan fingerprint density at radius 1 is 1.35 bits per heavy atom. The van der Waals surface area contributed by atoms with Crippen molar-refractivity contribution in [2.45, 2.75) is 38.0 Å². The third-order valence-corrected chi connectivity index (χ3v) is 4.09. The first-order valence-electron chi connectivity index (χ1n) is 6.42. The molecule has 1 atom stereocenters. The van der Waals surface area contributed by atoms with Crippen molar-refractivity contribution in [2.24, 2.45) is 0 Å². The summed E-state index contributed by atoms with van der Waals surface area (Å²) in [5.74, 6) is -0.319. The van der Waals surface area contributed by atoms with Crippen LogP contribution >= 0.6 is 23.2 Å². The highest BCUT2D eigenvalue weighted by Crippen LogP contribution is 2.36. The Morgan fingerprint density at radius 2 is 2.05 bits per heavy atom. The fourth-order valence-corrected chi connectivity index (χ4v) is 2.53. The molecule has 108 valence electrons. The van der Waals surface area contributed by atoms with Crippen LogP contribution in [0.1, 0.15) is 38.2 Å². The van der Waals surface area contributed by atoms with Gasteiger partial charge in [-0.25, -0.2) is 0 Å². The van der Waals surface area contributed by atoms with Gasteiger partial charge >= 0.3 is 5.97 Å². The Morgan fingerprint density at radius 3 is 2.55 bits per heavy atom. The molecule has 1 unspecified atom stereocenters. The number of nitriles is 1. The zero-order chi connectivity index (χ0) is 15.2. The summed E-state index contributed by atoms with van der Waals surface area (Å²) in [4.78, 5) is 11.4. The number of halogens is 2. The molecule has 1 aromatic rings. The topological polar surface area (TPSA) is 50.1 Å². The van der Waals surface area contributed by atoms with Gasteiger partial charge in [-0.2, -0.15) is 5.26 Å². The Balaban J connectivity index is 3.12. The molecule has 0 aliphatic rings. The van der Waals surface area contributed by atoms with Crippen molar-refractivity contribution in [1.29, 1.82) is 5.26 Å². The molecule has 0 bridgehead atoms. The number of carbonyl (C=O) groups is 1. The molecule has 1 aromatic carbocycles. The number of hydrogen-bond donors (Lipinski definition) is 0. The molecule has 5 heteroatoms. The summed E-state index contributed by atoms with van der Waals surface area (Å²) in [7, 11) is 1.34. The molecule has 0 saturated heterocycles. The summed E-state index contributed by atoms with van der Waals surface area (Å²) in [6, 6.07) is 7.53. The third kappa shape index (κ3) is 3.88. The van der Waals surface area contributed by atoms with E-state index in [0.717, 1.165) is 12.0 Å². The molecular formula is C15H17Cl2NO2. The van der Waals surface area contributed by atoms with Gasteiger partial charge in [0.25, 0.3) is 0 Å². The monoisotopic (exact) mass is 313 g/mol. The summed E-state index contributed by atoms with van der Waals surface area (Å²) in [6.07, 6.45) is 2.08. The van der Waals surface area contributed by atoms with Crippen LogP contribution in [-0.2, 0) is 14.9 Å². The maximum atomic E-state index is 11.4. The van der Waals surface area contributed by atoms with Crippen LogP contribution in [0.4, 0.5) is 0 Å². The van der Waals surface area contributed by atoms with Crippen LogP contribution in [0.3, 0.4) is 0 Å². The van der Waals surface area contributed by atoms with Crippen LogP contribution in [0, 0.1) is 11.3 Å². The van der Waals surface area contributed by atoms with Gasteiger partial charge in [-0.05, 0) is 30.5 Å². The molecule has 0 N–H and O–H groups in total. The molecule has 0 amide bonds. The number of hydrogen-bond acceptors (Lipinski definition) is 3. The number of benzene rings is 1. The predicted octanol–water partition coefficient (Wildman–Crippen LogP) is 4.51. The van der Waals surface area contributed by atoms with E-state index in [9.17, 15) is 10.1 Å². The van der Waals surface area contributed by atoms with E-state index in [1.165, 1.54) is 7.11 Å². The number of ether oxygens (including phenoxy) is 1. The Labute approximate surface area is 129 Å². The molecule has 0 aliphatic carbocycles. The highest BCUT2D eigenvalue weighted by Gasteiger charge is 2.32. The fourth-order valence-electron chi connectivity index (χ4n) is 2.23. The van der Waals surface area contributed by atoms with E-state index in [0.29, 0.717) is 22.9 Å². The highest BCUT2D eigenvalue weighted by atomic mass is 35.5. The second-order valence-corrected chi connectivity index (χ2v) is 5.46. The minimum absolute atomic E-state index is 0.199. The Bertz CT molecular complexity index is 525. The molecule has 20 heavy (non-hydrogen) atoms. The maximum absolute atomic E-state index is 11.4. The van der Waals surface area contributed by atoms with Gasteiger partial charge in [0.2, 0.25) is 0 Å². The standard InChI is InChI=1S/C15H17Cl2NO2/c1-3-7-15(10-18,8-6-14(19)20-2)11-4-5-12(16)13(17)9-11/h4-5,9H,3,6-8H2,1-2H3. The molecule has 0 saturated carbocycles. The Kier molecular flexibility index (Phi) is 6.32. The van der Waals surface area contributed by atoms with Crippen LogP contribution in [-0.4, -0.2) is 13.1 Å². The van der Waals surface area contributed by atoms with Gasteiger partial charge in [0, 0.05) is 6.42 Å². The largest absolute Gasteiger partial charge is 0.469 e. The zero-order valence-electron chi connectivity index (χ0n) is 11.6. The number of carbonyl (C=O) groups excluding carboxylic acids is 1. The van der Waals surface area contributed by atoms with Gasteiger partial charge in [-0.1, -0.05) is 42.6 Å². The van der Waals surface area contributed by atoms with E-state index in [1.807, 2.05) is 6.92 Å². The second kappa shape index (κ2) is 7.52. The van der Waals surface area contributed by atoms with Crippen molar-refractivity contribution in [1.82, 2.24) is 0 Å². The van der Waals surface area contributed by atoms with Crippen molar-refractivity contribution < 1.29 is 9.53 Å². The summed E-state index contributed by atoms with van der Waals surface area (Å²) in [5, 5.41) is 10.5. The van der Waals surface area contributed by atoms with Gasteiger partial charge in [-0.15, -0.1) is 0 Å². The third-order valence-electron chi connectivity index (χ3n) is 3.35. The van der Waals surface area contributed by atoms with E-state index in [1.54, 1.807) is 18.2 Å². The molecule has 0 radical (unpaired) electrons. The van der Waals surface area contributed by atoms with Crippen molar-refractivity contribution in [3.63, 3.8) is 0 Å². The van der Waals surface area contributed by atoms with E-state index < -0.39 is 5.41 Å². The van der Waals surface area contributed by atoms with Crippen molar-refractivity contribution in [3.8, 4) is 6.07 Å². The lowest BCUT2D eigenvalue weighted by atomic mass is 9.74. The average molecular weight is 314 g/mol. The lowest BCUT2D eigenvalue weighted by molar-refractivity contribution is -0.140. The normalized spacial score (nSPS) is 13.3. The van der Waals surface area contributed by atoms with E-state index >= 15 is 0 Å². The van der Waals surface area contributed by atoms with Gasteiger partial charge in [0.15, 0.2) is 0 Å². The van der Waals surface area contributed by atoms with Crippen LogP contribution in [0.2, 0.25) is 10.0 Å². The lowest BCUT2D eigenvalue weighted by Crippen LogP contribution is -2.25. The molecule has 0 aromatic heterocycles.